The van der Waals surface area contributed by atoms with Crippen molar-refractivity contribution < 1.29 is 13.9 Å². The molecule has 0 N–H and O–H groups in total. The van der Waals surface area contributed by atoms with Gasteiger partial charge >= 0.3 is 5.97 Å². The molecule has 1 heterocycles. The Morgan fingerprint density at radius 2 is 2.11 bits per heavy atom. The van der Waals surface area contributed by atoms with E-state index in [0.29, 0.717) is 13.2 Å². The van der Waals surface area contributed by atoms with Crippen LogP contribution in [-0.2, 0) is 11.3 Å². The molecule has 0 atom stereocenters. The molecule has 0 unspecified atom stereocenters. The topological polar surface area (TPSA) is 44.1 Å². The molecule has 0 amide bonds. The number of hydrogen-bond acceptors (Lipinski definition) is 3. The van der Waals surface area contributed by atoms with Gasteiger partial charge in [0.2, 0.25) is 5.82 Å². The zero-order valence-electron chi connectivity index (χ0n) is 9.97. The van der Waals surface area contributed by atoms with E-state index in [1.807, 2.05) is 0 Å². The number of aromatic nitrogens is 2. The third-order valence-electron chi connectivity index (χ3n) is 2.44. The molecule has 0 radical (unpaired) electrons. The highest BCUT2D eigenvalue weighted by Gasteiger charge is 2.13. The van der Waals surface area contributed by atoms with Crippen LogP contribution in [0.4, 0.5) is 4.39 Å². The van der Waals surface area contributed by atoms with Crippen molar-refractivity contribution in [3.05, 3.63) is 53.9 Å². The summed E-state index contributed by atoms with van der Waals surface area (Å²) in [6.07, 6.45) is 3.23. The van der Waals surface area contributed by atoms with Crippen molar-refractivity contribution >= 4 is 5.97 Å². The maximum atomic E-state index is 12.8. The second-order valence-electron chi connectivity index (χ2n) is 3.73. The van der Waals surface area contributed by atoms with Crippen molar-refractivity contribution in [2.24, 2.45) is 0 Å². The number of ether oxygens (including phenoxy) is 1. The normalized spacial score (nSPS) is 10.3. The highest BCUT2D eigenvalue weighted by molar-refractivity contribution is 5.85. The molecule has 5 heteroatoms. The molecule has 2 aromatic rings. The number of carbonyl (C=O) groups is 1. The summed E-state index contributed by atoms with van der Waals surface area (Å²) in [5, 5.41) is 0. The summed E-state index contributed by atoms with van der Waals surface area (Å²) in [4.78, 5) is 15.6. The van der Waals surface area contributed by atoms with Crippen molar-refractivity contribution in [1.29, 1.82) is 0 Å². The molecule has 0 aliphatic carbocycles. The summed E-state index contributed by atoms with van der Waals surface area (Å²) in [5.74, 6) is -0.485. The van der Waals surface area contributed by atoms with Gasteiger partial charge in [-0.1, -0.05) is 12.1 Å². The van der Waals surface area contributed by atoms with Crippen LogP contribution >= 0.6 is 0 Å². The number of hydrogen-bond donors (Lipinski definition) is 0. The molecule has 0 fully saturated rings. The molecular formula is C13H13FN2O2. The van der Waals surface area contributed by atoms with Gasteiger partial charge < -0.3 is 9.30 Å². The first kappa shape index (κ1) is 12.3. The summed E-state index contributed by atoms with van der Waals surface area (Å²) in [6.45, 7) is 2.50. The van der Waals surface area contributed by atoms with Crippen LogP contribution in [0, 0.1) is 5.82 Å². The van der Waals surface area contributed by atoms with Gasteiger partial charge in [0.25, 0.3) is 0 Å². The van der Waals surface area contributed by atoms with E-state index in [2.05, 4.69) is 4.98 Å². The van der Waals surface area contributed by atoms with Crippen molar-refractivity contribution in [3.63, 3.8) is 0 Å². The number of halogens is 1. The van der Waals surface area contributed by atoms with Gasteiger partial charge in [0.1, 0.15) is 5.82 Å². The third kappa shape index (κ3) is 2.74. The standard InChI is InChI=1S/C13H13FN2O2/c1-2-18-13(17)12-15-7-8-16(12)9-10-3-5-11(14)6-4-10/h3-8H,2,9H2,1H3. The van der Waals surface area contributed by atoms with Gasteiger partial charge in [-0.15, -0.1) is 0 Å². The zero-order chi connectivity index (χ0) is 13.0. The van der Waals surface area contributed by atoms with Gasteiger partial charge in [-0.05, 0) is 24.6 Å². The smallest absolute Gasteiger partial charge is 0.374 e. The van der Waals surface area contributed by atoms with Crippen LogP contribution in [0.15, 0.2) is 36.7 Å². The largest absolute Gasteiger partial charge is 0.460 e. The molecule has 1 aromatic heterocycles. The molecule has 2 rings (SSSR count). The minimum atomic E-state index is -0.454. The van der Waals surface area contributed by atoms with Crippen molar-refractivity contribution in [3.8, 4) is 0 Å². The molecule has 0 spiro atoms. The zero-order valence-corrected chi connectivity index (χ0v) is 9.97. The number of imidazole rings is 1. The number of benzene rings is 1. The predicted molar refractivity (Wildman–Crippen MR) is 63.7 cm³/mol. The molecule has 0 aliphatic rings. The Labute approximate surface area is 104 Å². The molecule has 0 aliphatic heterocycles. The third-order valence-corrected chi connectivity index (χ3v) is 2.44. The molecule has 4 nitrogen and oxygen atoms in total. The lowest BCUT2D eigenvalue weighted by Crippen LogP contribution is -2.13. The Morgan fingerprint density at radius 3 is 2.78 bits per heavy atom. The predicted octanol–water partition coefficient (Wildman–Crippen LogP) is 2.25. The number of rotatable bonds is 4. The van der Waals surface area contributed by atoms with Crippen LogP contribution in [0.5, 0.6) is 0 Å². The summed E-state index contributed by atoms with van der Waals surface area (Å²) >= 11 is 0. The second kappa shape index (κ2) is 5.44. The van der Waals surface area contributed by atoms with Crippen molar-refractivity contribution in [2.75, 3.05) is 6.61 Å². The molecular weight excluding hydrogens is 235 g/mol. The van der Waals surface area contributed by atoms with Gasteiger partial charge in [-0.25, -0.2) is 14.2 Å². The van der Waals surface area contributed by atoms with E-state index in [9.17, 15) is 9.18 Å². The van der Waals surface area contributed by atoms with Crippen LogP contribution in [0.2, 0.25) is 0 Å². The Bertz CT molecular complexity index is 534. The minimum Gasteiger partial charge on any atom is -0.460 e. The molecule has 0 bridgehead atoms. The second-order valence-corrected chi connectivity index (χ2v) is 3.73. The number of carbonyl (C=O) groups excluding carboxylic acids is 1. The van der Waals surface area contributed by atoms with Gasteiger partial charge in [0.05, 0.1) is 6.61 Å². The van der Waals surface area contributed by atoms with E-state index < -0.39 is 5.97 Å². The molecule has 18 heavy (non-hydrogen) atoms. The van der Waals surface area contributed by atoms with E-state index in [4.69, 9.17) is 4.74 Å². The molecule has 1 aromatic carbocycles. The van der Waals surface area contributed by atoms with E-state index in [1.165, 1.54) is 18.3 Å². The van der Waals surface area contributed by atoms with Crippen LogP contribution in [-0.4, -0.2) is 22.1 Å². The summed E-state index contributed by atoms with van der Waals surface area (Å²) in [7, 11) is 0. The maximum Gasteiger partial charge on any atom is 0.374 e. The SMILES string of the molecule is CCOC(=O)c1nccn1Cc1ccc(F)cc1. The Hall–Kier alpha value is -2.17. The Kier molecular flexibility index (Phi) is 3.72. The fourth-order valence-corrected chi connectivity index (χ4v) is 1.61. The minimum absolute atomic E-state index is 0.251. The van der Waals surface area contributed by atoms with Gasteiger partial charge in [-0.3, -0.25) is 0 Å². The fourth-order valence-electron chi connectivity index (χ4n) is 1.61. The summed E-state index contributed by atoms with van der Waals surface area (Å²) < 4.78 is 19.4. The first-order valence-corrected chi connectivity index (χ1v) is 5.63. The van der Waals surface area contributed by atoms with Crippen LogP contribution in [0.25, 0.3) is 0 Å². The highest BCUT2D eigenvalue weighted by atomic mass is 19.1. The van der Waals surface area contributed by atoms with Crippen LogP contribution in [0.3, 0.4) is 0 Å². The average Bonchev–Trinajstić information content (AvgIpc) is 2.81. The quantitative estimate of drug-likeness (QED) is 0.779. The van der Waals surface area contributed by atoms with Gasteiger partial charge in [0, 0.05) is 18.9 Å². The van der Waals surface area contributed by atoms with E-state index >= 15 is 0 Å². The fraction of sp³-hybridized carbons (Fsp3) is 0.231. The first-order chi connectivity index (χ1) is 8.70. The van der Waals surface area contributed by atoms with Gasteiger partial charge in [-0.2, -0.15) is 0 Å². The van der Waals surface area contributed by atoms with Crippen LogP contribution in [0.1, 0.15) is 23.1 Å². The highest BCUT2D eigenvalue weighted by Crippen LogP contribution is 2.08. The first-order valence-electron chi connectivity index (χ1n) is 5.63. The van der Waals surface area contributed by atoms with Gasteiger partial charge in [0.15, 0.2) is 0 Å². The number of nitrogens with zero attached hydrogens (tertiary/aromatic N) is 2. The Balaban J connectivity index is 2.17. The van der Waals surface area contributed by atoms with E-state index in [1.54, 1.807) is 29.8 Å². The van der Waals surface area contributed by atoms with E-state index in [-0.39, 0.29) is 11.6 Å². The maximum absolute atomic E-state index is 12.8. The lowest BCUT2D eigenvalue weighted by molar-refractivity contribution is 0.0507. The van der Waals surface area contributed by atoms with Crippen molar-refractivity contribution in [1.82, 2.24) is 9.55 Å². The average molecular weight is 248 g/mol. The monoisotopic (exact) mass is 248 g/mol. The lowest BCUT2D eigenvalue weighted by Gasteiger charge is -2.07. The summed E-state index contributed by atoms with van der Waals surface area (Å²) in [5.41, 5.74) is 0.889. The van der Waals surface area contributed by atoms with Crippen molar-refractivity contribution in [2.45, 2.75) is 13.5 Å². The number of esters is 1. The molecule has 0 saturated carbocycles. The van der Waals surface area contributed by atoms with Crippen LogP contribution < -0.4 is 0 Å². The Morgan fingerprint density at radius 1 is 1.39 bits per heavy atom. The van der Waals surface area contributed by atoms with E-state index in [0.717, 1.165) is 5.56 Å². The summed E-state index contributed by atoms with van der Waals surface area (Å²) in [6, 6.07) is 6.11. The molecule has 94 valence electrons. The lowest BCUT2D eigenvalue weighted by atomic mass is 10.2. The molecule has 0 saturated heterocycles.